The largest absolute Gasteiger partial charge is 0.315 e. The molecule has 1 fully saturated rings. The highest BCUT2D eigenvalue weighted by atomic mass is 15.3. The van der Waals surface area contributed by atoms with E-state index in [0.29, 0.717) is 6.42 Å². The molecule has 0 aromatic carbocycles. The van der Waals surface area contributed by atoms with Crippen LogP contribution >= 0.6 is 0 Å². The maximum atomic E-state index is 8.45. The Morgan fingerprint density at radius 1 is 1.14 bits per heavy atom. The van der Waals surface area contributed by atoms with Gasteiger partial charge in [-0.1, -0.05) is 0 Å². The molecule has 5 nitrogen and oxygen atoms in total. The van der Waals surface area contributed by atoms with Crippen LogP contribution in [0.25, 0.3) is 0 Å². The number of piperazine rings is 1. The summed E-state index contributed by atoms with van der Waals surface area (Å²) in [4.78, 5) is 4.58. The van der Waals surface area contributed by atoms with Crippen molar-refractivity contribution >= 4 is 0 Å². The molecule has 1 aliphatic heterocycles. The molecule has 0 aromatic rings. The number of rotatable bonds is 4. The SMILES string of the molecule is N#CCCN1CCN(CC(N)N)CC1. The summed E-state index contributed by atoms with van der Waals surface area (Å²) in [6.07, 6.45) is 0.386. The van der Waals surface area contributed by atoms with Gasteiger partial charge in [0.1, 0.15) is 0 Å². The highest BCUT2D eigenvalue weighted by Gasteiger charge is 2.16. The van der Waals surface area contributed by atoms with Gasteiger partial charge in [-0.3, -0.25) is 9.80 Å². The number of nitrogens with zero attached hydrogens (tertiary/aromatic N) is 3. The average Bonchev–Trinajstić information content (AvgIpc) is 2.16. The van der Waals surface area contributed by atoms with Gasteiger partial charge in [0.05, 0.1) is 12.2 Å². The summed E-state index contributed by atoms with van der Waals surface area (Å²) in [7, 11) is 0. The Morgan fingerprint density at radius 2 is 1.71 bits per heavy atom. The Bertz CT molecular complexity index is 190. The molecule has 80 valence electrons. The maximum Gasteiger partial charge on any atom is 0.0652 e. The lowest BCUT2D eigenvalue weighted by Crippen LogP contribution is -2.51. The molecule has 1 rings (SSSR count). The molecule has 4 N–H and O–H groups in total. The van der Waals surface area contributed by atoms with E-state index in [1.165, 1.54) is 0 Å². The van der Waals surface area contributed by atoms with Gasteiger partial charge >= 0.3 is 0 Å². The molecule has 5 heteroatoms. The number of hydrogen-bond donors (Lipinski definition) is 2. The van der Waals surface area contributed by atoms with Gasteiger partial charge in [-0.2, -0.15) is 5.26 Å². The minimum Gasteiger partial charge on any atom is -0.315 e. The second kappa shape index (κ2) is 5.94. The Morgan fingerprint density at radius 3 is 2.21 bits per heavy atom. The minimum atomic E-state index is -0.236. The molecule has 0 radical (unpaired) electrons. The van der Waals surface area contributed by atoms with Gasteiger partial charge in [-0.25, -0.2) is 0 Å². The number of nitriles is 1. The molecular formula is C9H19N5. The van der Waals surface area contributed by atoms with Crippen LogP contribution in [0.1, 0.15) is 6.42 Å². The molecule has 0 bridgehead atoms. The van der Waals surface area contributed by atoms with E-state index in [1.807, 2.05) is 0 Å². The molecule has 0 unspecified atom stereocenters. The zero-order valence-electron chi connectivity index (χ0n) is 8.52. The van der Waals surface area contributed by atoms with Crippen molar-refractivity contribution in [1.82, 2.24) is 9.80 Å². The lowest BCUT2D eigenvalue weighted by molar-refractivity contribution is 0.129. The van der Waals surface area contributed by atoms with Crippen LogP contribution in [0.15, 0.2) is 0 Å². The van der Waals surface area contributed by atoms with E-state index >= 15 is 0 Å². The van der Waals surface area contributed by atoms with Gasteiger partial charge in [-0.15, -0.1) is 0 Å². The molecule has 0 amide bonds. The Balaban J connectivity index is 2.15. The first-order chi connectivity index (χ1) is 6.72. The third kappa shape index (κ3) is 4.03. The summed E-state index contributed by atoms with van der Waals surface area (Å²) in [6, 6.07) is 2.16. The zero-order valence-corrected chi connectivity index (χ0v) is 8.52. The summed E-state index contributed by atoms with van der Waals surface area (Å²) < 4.78 is 0. The lowest BCUT2D eigenvalue weighted by atomic mass is 10.3. The van der Waals surface area contributed by atoms with Crippen molar-refractivity contribution < 1.29 is 0 Å². The molecule has 1 heterocycles. The van der Waals surface area contributed by atoms with Gasteiger partial charge in [0.15, 0.2) is 0 Å². The monoisotopic (exact) mass is 197 g/mol. The molecule has 0 aliphatic carbocycles. The predicted molar refractivity (Wildman–Crippen MR) is 55.3 cm³/mol. The Kier molecular flexibility index (Phi) is 4.84. The first-order valence-corrected chi connectivity index (χ1v) is 5.05. The first kappa shape index (κ1) is 11.4. The first-order valence-electron chi connectivity index (χ1n) is 5.05. The van der Waals surface area contributed by atoms with Crippen molar-refractivity contribution in [2.24, 2.45) is 11.5 Å². The smallest absolute Gasteiger partial charge is 0.0652 e. The molecule has 14 heavy (non-hydrogen) atoms. The Hall–Kier alpha value is -0.670. The van der Waals surface area contributed by atoms with Gasteiger partial charge in [0, 0.05) is 45.7 Å². The summed E-state index contributed by atoms with van der Waals surface area (Å²) in [6.45, 7) is 5.72. The van der Waals surface area contributed by atoms with Crippen molar-refractivity contribution in [2.45, 2.75) is 12.6 Å². The highest BCUT2D eigenvalue weighted by molar-refractivity contribution is 4.77. The molecule has 1 saturated heterocycles. The van der Waals surface area contributed by atoms with Crippen LogP contribution in [-0.2, 0) is 0 Å². The molecular weight excluding hydrogens is 178 g/mol. The van der Waals surface area contributed by atoms with Crippen LogP contribution in [0.4, 0.5) is 0 Å². The van der Waals surface area contributed by atoms with E-state index < -0.39 is 0 Å². The highest BCUT2D eigenvalue weighted by Crippen LogP contribution is 2.01. The number of hydrogen-bond acceptors (Lipinski definition) is 5. The van der Waals surface area contributed by atoms with E-state index in [9.17, 15) is 0 Å². The fourth-order valence-electron chi connectivity index (χ4n) is 1.70. The normalized spacial score (nSPS) is 19.9. The predicted octanol–water partition coefficient (Wildman–Crippen LogP) is -1.24. The van der Waals surface area contributed by atoms with E-state index in [4.69, 9.17) is 16.7 Å². The van der Waals surface area contributed by atoms with Crippen molar-refractivity contribution in [3.8, 4) is 6.07 Å². The molecule has 0 atom stereocenters. The van der Waals surface area contributed by atoms with Crippen molar-refractivity contribution in [3.63, 3.8) is 0 Å². The van der Waals surface area contributed by atoms with Crippen LogP contribution in [0.5, 0.6) is 0 Å². The second-order valence-corrected chi connectivity index (χ2v) is 3.71. The van der Waals surface area contributed by atoms with Gasteiger partial charge in [0.25, 0.3) is 0 Å². The van der Waals surface area contributed by atoms with Crippen LogP contribution < -0.4 is 11.5 Å². The standard InChI is InChI=1S/C9H19N5/c10-2-1-3-13-4-6-14(7-5-13)8-9(11)12/h9H,1,3-8,11-12H2. The van der Waals surface area contributed by atoms with Gasteiger partial charge < -0.3 is 11.5 Å². The van der Waals surface area contributed by atoms with Crippen LogP contribution in [0.3, 0.4) is 0 Å². The molecule has 1 aliphatic rings. The van der Waals surface area contributed by atoms with Gasteiger partial charge in [0.2, 0.25) is 0 Å². The van der Waals surface area contributed by atoms with Crippen LogP contribution in [0.2, 0.25) is 0 Å². The van der Waals surface area contributed by atoms with Crippen molar-refractivity contribution in [2.75, 3.05) is 39.3 Å². The fraction of sp³-hybridized carbons (Fsp3) is 0.889. The van der Waals surface area contributed by atoms with Crippen molar-refractivity contribution in [1.29, 1.82) is 5.26 Å². The van der Waals surface area contributed by atoms with E-state index in [1.54, 1.807) is 0 Å². The molecule has 0 spiro atoms. The fourth-order valence-corrected chi connectivity index (χ4v) is 1.70. The van der Waals surface area contributed by atoms with Crippen LogP contribution in [0, 0.1) is 11.3 Å². The molecule has 0 saturated carbocycles. The third-order valence-corrected chi connectivity index (χ3v) is 2.47. The van der Waals surface area contributed by atoms with E-state index in [2.05, 4.69) is 15.9 Å². The van der Waals surface area contributed by atoms with Crippen LogP contribution in [-0.4, -0.2) is 55.2 Å². The summed E-state index contributed by atoms with van der Waals surface area (Å²) in [5.74, 6) is 0. The minimum absolute atomic E-state index is 0.236. The average molecular weight is 197 g/mol. The van der Waals surface area contributed by atoms with E-state index in [0.717, 1.165) is 39.3 Å². The summed E-state index contributed by atoms with van der Waals surface area (Å²) in [5.41, 5.74) is 11.0. The lowest BCUT2D eigenvalue weighted by Gasteiger charge is -2.34. The Labute approximate surface area is 85.2 Å². The van der Waals surface area contributed by atoms with E-state index in [-0.39, 0.29) is 6.17 Å². The summed E-state index contributed by atoms with van der Waals surface area (Å²) >= 11 is 0. The van der Waals surface area contributed by atoms with Gasteiger partial charge in [-0.05, 0) is 0 Å². The zero-order chi connectivity index (χ0) is 10.4. The quantitative estimate of drug-likeness (QED) is 0.551. The van der Waals surface area contributed by atoms with Crippen molar-refractivity contribution in [3.05, 3.63) is 0 Å². The topological polar surface area (TPSA) is 82.3 Å². The third-order valence-electron chi connectivity index (χ3n) is 2.47. The molecule has 0 aromatic heterocycles. The summed E-state index contributed by atoms with van der Waals surface area (Å²) in [5, 5.41) is 8.45. The second-order valence-electron chi connectivity index (χ2n) is 3.71. The maximum absolute atomic E-state index is 8.45. The number of nitrogens with two attached hydrogens (primary N) is 2.